The molecule has 18 heavy (non-hydrogen) atoms. The zero-order valence-corrected chi connectivity index (χ0v) is 11.3. The average Bonchev–Trinajstić information content (AvgIpc) is 2.40. The van der Waals surface area contributed by atoms with E-state index in [1.807, 2.05) is 12.3 Å². The van der Waals surface area contributed by atoms with E-state index in [4.69, 9.17) is 0 Å². The largest absolute Gasteiger partial charge is 0.263 e. The van der Waals surface area contributed by atoms with Gasteiger partial charge in [-0.25, -0.2) is 13.4 Å². The van der Waals surface area contributed by atoms with Crippen LogP contribution >= 0.6 is 11.8 Å². The normalized spacial score (nSPS) is 11.2. The molecule has 1 heterocycles. The van der Waals surface area contributed by atoms with E-state index in [2.05, 4.69) is 9.71 Å². The van der Waals surface area contributed by atoms with Crippen molar-refractivity contribution < 1.29 is 8.42 Å². The fourth-order valence-corrected chi connectivity index (χ4v) is 2.75. The number of benzene rings is 1. The third-order valence-corrected chi connectivity index (χ3v) is 4.35. The van der Waals surface area contributed by atoms with Gasteiger partial charge in [0.1, 0.15) is 5.82 Å². The quantitative estimate of drug-likeness (QED) is 0.875. The number of hydrogen-bond donors (Lipinski definition) is 1. The van der Waals surface area contributed by atoms with E-state index in [-0.39, 0.29) is 4.90 Å². The maximum absolute atomic E-state index is 12.0. The fraction of sp³-hybridized carbons (Fsp3) is 0.0833. The summed E-state index contributed by atoms with van der Waals surface area (Å²) in [5.41, 5.74) is 0. The topological polar surface area (TPSA) is 59.1 Å². The molecule has 0 aliphatic rings. The smallest absolute Gasteiger partial charge is 0.263 e. The Morgan fingerprint density at radius 1 is 1.11 bits per heavy atom. The molecule has 0 amide bonds. The van der Waals surface area contributed by atoms with Crippen LogP contribution in [0, 0.1) is 0 Å². The Bertz CT molecular complexity index is 610. The number of nitrogens with zero attached hydrogens (tertiary/aromatic N) is 1. The Morgan fingerprint density at radius 3 is 2.39 bits per heavy atom. The van der Waals surface area contributed by atoms with Crippen molar-refractivity contribution >= 4 is 27.6 Å². The van der Waals surface area contributed by atoms with Crippen LogP contribution in [0.2, 0.25) is 0 Å². The predicted molar refractivity (Wildman–Crippen MR) is 73.3 cm³/mol. The van der Waals surface area contributed by atoms with Crippen LogP contribution in [-0.4, -0.2) is 19.7 Å². The van der Waals surface area contributed by atoms with Crippen LogP contribution in [0.3, 0.4) is 0 Å². The molecule has 0 atom stereocenters. The molecule has 1 aromatic heterocycles. The lowest BCUT2D eigenvalue weighted by Gasteiger charge is -2.07. The van der Waals surface area contributed by atoms with E-state index in [0.29, 0.717) is 5.82 Å². The molecular weight excluding hydrogens is 268 g/mol. The molecule has 6 heteroatoms. The van der Waals surface area contributed by atoms with Crippen molar-refractivity contribution in [2.24, 2.45) is 0 Å². The summed E-state index contributed by atoms with van der Waals surface area (Å²) in [5.74, 6) is 0.316. The van der Waals surface area contributed by atoms with E-state index in [0.717, 1.165) is 4.90 Å². The highest BCUT2D eigenvalue weighted by Crippen LogP contribution is 2.17. The SMILES string of the molecule is CSc1ccc(NS(=O)(=O)c2ccccc2)nc1. The van der Waals surface area contributed by atoms with Gasteiger partial charge in [-0.15, -0.1) is 11.8 Å². The van der Waals surface area contributed by atoms with Crippen LogP contribution in [0.15, 0.2) is 58.5 Å². The average molecular weight is 280 g/mol. The molecular formula is C12H12N2O2S2. The minimum atomic E-state index is -3.55. The summed E-state index contributed by atoms with van der Waals surface area (Å²) in [7, 11) is -3.55. The first-order chi connectivity index (χ1) is 8.62. The number of thioether (sulfide) groups is 1. The minimum absolute atomic E-state index is 0.223. The van der Waals surface area contributed by atoms with Crippen molar-refractivity contribution in [1.29, 1.82) is 0 Å². The molecule has 94 valence electrons. The Morgan fingerprint density at radius 2 is 1.83 bits per heavy atom. The van der Waals surface area contributed by atoms with E-state index < -0.39 is 10.0 Å². The Labute approximate surface area is 111 Å². The lowest BCUT2D eigenvalue weighted by molar-refractivity contribution is 0.601. The Hall–Kier alpha value is -1.53. The second-order valence-corrected chi connectivity index (χ2v) is 6.06. The standard InChI is InChI=1S/C12H12N2O2S2/c1-17-10-7-8-12(13-9-10)14-18(15,16)11-5-3-2-4-6-11/h2-9H,1H3,(H,13,14). The molecule has 0 unspecified atom stereocenters. The molecule has 0 spiro atoms. The number of aromatic nitrogens is 1. The molecule has 1 N–H and O–H groups in total. The van der Waals surface area contributed by atoms with Crippen molar-refractivity contribution in [2.45, 2.75) is 9.79 Å². The van der Waals surface area contributed by atoms with Crippen LogP contribution in [0.25, 0.3) is 0 Å². The second-order valence-electron chi connectivity index (χ2n) is 3.50. The Kier molecular flexibility index (Phi) is 3.88. The fourth-order valence-electron chi connectivity index (χ4n) is 1.36. The van der Waals surface area contributed by atoms with Gasteiger partial charge in [-0.05, 0) is 30.5 Å². The maximum Gasteiger partial charge on any atom is 0.263 e. The highest BCUT2D eigenvalue weighted by Gasteiger charge is 2.13. The monoisotopic (exact) mass is 280 g/mol. The highest BCUT2D eigenvalue weighted by molar-refractivity contribution is 7.98. The third kappa shape index (κ3) is 3.02. The number of hydrogen-bond acceptors (Lipinski definition) is 4. The van der Waals surface area contributed by atoms with Gasteiger partial charge in [0.05, 0.1) is 4.90 Å². The first kappa shape index (κ1) is 12.9. The number of anilines is 1. The van der Waals surface area contributed by atoms with Gasteiger partial charge in [-0.3, -0.25) is 4.72 Å². The van der Waals surface area contributed by atoms with Crippen molar-refractivity contribution in [3.63, 3.8) is 0 Å². The van der Waals surface area contributed by atoms with Gasteiger partial charge in [0, 0.05) is 11.1 Å². The molecule has 0 saturated heterocycles. The molecule has 2 aromatic rings. The van der Waals surface area contributed by atoms with Crippen LogP contribution in [0.4, 0.5) is 5.82 Å². The number of pyridine rings is 1. The highest BCUT2D eigenvalue weighted by atomic mass is 32.2. The summed E-state index contributed by atoms with van der Waals surface area (Å²) in [6.45, 7) is 0. The van der Waals surface area contributed by atoms with Crippen molar-refractivity contribution in [1.82, 2.24) is 4.98 Å². The minimum Gasteiger partial charge on any atom is -0.263 e. The lowest BCUT2D eigenvalue weighted by atomic mass is 10.4. The van der Waals surface area contributed by atoms with Crippen LogP contribution in [0.5, 0.6) is 0 Å². The zero-order valence-electron chi connectivity index (χ0n) is 9.70. The molecule has 1 aromatic carbocycles. The number of nitrogens with one attached hydrogen (secondary N) is 1. The summed E-state index contributed by atoms with van der Waals surface area (Å²) in [6.07, 6.45) is 3.57. The number of sulfonamides is 1. The lowest BCUT2D eigenvalue weighted by Crippen LogP contribution is -2.13. The predicted octanol–water partition coefficient (Wildman–Crippen LogP) is 2.60. The van der Waals surface area contributed by atoms with Gasteiger partial charge in [-0.2, -0.15) is 0 Å². The third-order valence-electron chi connectivity index (χ3n) is 2.26. The van der Waals surface area contributed by atoms with E-state index in [1.165, 1.54) is 0 Å². The molecule has 4 nitrogen and oxygen atoms in total. The molecule has 0 radical (unpaired) electrons. The van der Waals surface area contributed by atoms with Gasteiger partial charge in [-0.1, -0.05) is 18.2 Å². The summed E-state index contributed by atoms with van der Waals surface area (Å²) in [4.78, 5) is 5.26. The van der Waals surface area contributed by atoms with E-state index in [9.17, 15) is 8.42 Å². The van der Waals surface area contributed by atoms with E-state index >= 15 is 0 Å². The van der Waals surface area contributed by atoms with Gasteiger partial charge in [0.15, 0.2) is 0 Å². The Balaban J connectivity index is 2.22. The first-order valence-corrected chi connectivity index (χ1v) is 7.90. The molecule has 0 bridgehead atoms. The van der Waals surface area contributed by atoms with Crippen molar-refractivity contribution in [2.75, 3.05) is 11.0 Å². The second kappa shape index (κ2) is 5.41. The number of rotatable bonds is 4. The molecule has 2 rings (SSSR count). The molecule has 0 aliphatic carbocycles. The molecule has 0 saturated carbocycles. The summed E-state index contributed by atoms with van der Waals surface area (Å²) in [5, 5.41) is 0. The van der Waals surface area contributed by atoms with Crippen molar-refractivity contribution in [3.8, 4) is 0 Å². The van der Waals surface area contributed by atoms with Gasteiger partial charge in [0.25, 0.3) is 10.0 Å². The first-order valence-electron chi connectivity index (χ1n) is 5.20. The van der Waals surface area contributed by atoms with Gasteiger partial charge in [0.2, 0.25) is 0 Å². The van der Waals surface area contributed by atoms with Crippen molar-refractivity contribution in [3.05, 3.63) is 48.7 Å². The zero-order chi connectivity index (χ0) is 13.0. The summed E-state index contributed by atoms with van der Waals surface area (Å²) < 4.78 is 26.4. The molecule has 0 fully saturated rings. The van der Waals surface area contributed by atoms with Gasteiger partial charge >= 0.3 is 0 Å². The van der Waals surface area contributed by atoms with Crippen LogP contribution in [0.1, 0.15) is 0 Å². The molecule has 0 aliphatic heterocycles. The summed E-state index contributed by atoms with van der Waals surface area (Å²) >= 11 is 1.55. The maximum atomic E-state index is 12.0. The van der Waals surface area contributed by atoms with E-state index in [1.54, 1.807) is 54.4 Å². The van der Waals surface area contributed by atoms with Crippen LogP contribution < -0.4 is 4.72 Å². The van der Waals surface area contributed by atoms with Gasteiger partial charge < -0.3 is 0 Å². The summed E-state index contributed by atoms with van der Waals surface area (Å²) in [6, 6.07) is 11.7. The van der Waals surface area contributed by atoms with Crippen LogP contribution in [-0.2, 0) is 10.0 Å².